The van der Waals surface area contributed by atoms with E-state index in [2.05, 4.69) is 28.4 Å². The molecular weight excluding hydrogens is 268 g/mol. The fourth-order valence-electron chi connectivity index (χ4n) is 2.16. The Bertz CT molecular complexity index is 389. The average Bonchev–Trinajstić information content (AvgIpc) is 2.61. The summed E-state index contributed by atoms with van der Waals surface area (Å²) in [6.45, 7) is 1.07. The molecule has 2 rings (SSSR count). The van der Waals surface area contributed by atoms with Crippen LogP contribution >= 0.6 is 12.4 Å². The molecule has 0 radical (unpaired) electrons. The maximum Gasteiger partial charge on any atom is 0.183 e. The molecule has 1 atom stereocenters. The first kappa shape index (κ1) is 15.6. The van der Waals surface area contributed by atoms with E-state index in [-0.39, 0.29) is 12.4 Å². The highest BCUT2D eigenvalue weighted by atomic mass is 35.5. The van der Waals surface area contributed by atoms with Crippen LogP contribution in [0.1, 0.15) is 18.4 Å². The first-order valence-electron chi connectivity index (χ1n) is 6.09. The summed E-state index contributed by atoms with van der Waals surface area (Å²) in [6.07, 6.45) is 3.45. The van der Waals surface area contributed by atoms with Gasteiger partial charge in [-0.1, -0.05) is 6.07 Å². The first-order chi connectivity index (χ1) is 8.22. The molecule has 1 aromatic carbocycles. The Labute approximate surface area is 119 Å². The molecule has 102 valence electrons. The lowest BCUT2D eigenvalue weighted by Gasteiger charge is -2.07. The Morgan fingerprint density at radius 1 is 1.39 bits per heavy atom. The molecule has 1 aliphatic heterocycles. The van der Waals surface area contributed by atoms with E-state index in [9.17, 15) is 4.55 Å². The molecule has 0 saturated heterocycles. The predicted octanol–water partition coefficient (Wildman–Crippen LogP) is 2.17. The summed E-state index contributed by atoms with van der Waals surface area (Å²) in [4.78, 5) is 3.08. The molecule has 0 aliphatic carbocycles. The third-order valence-electron chi connectivity index (χ3n) is 3.13. The van der Waals surface area contributed by atoms with E-state index in [0.717, 1.165) is 23.5 Å². The van der Waals surface area contributed by atoms with Crippen molar-refractivity contribution < 1.29 is 4.55 Å². The third kappa shape index (κ3) is 3.54. The van der Waals surface area contributed by atoms with Crippen molar-refractivity contribution in [3.05, 3.63) is 23.8 Å². The van der Waals surface area contributed by atoms with Crippen molar-refractivity contribution in [3.63, 3.8) is 0 Å². The lowest BCUT2D eigenvalue weighted by Crippen LogP contribution is -2.16. The van der Waals surface area contributed by atoms with Crippen LogP contribution in [0.4, 0.5) is 5.69 Å². The van der Waals surface area contributed by atoms with Crippen LogP contribution in [0, 0.1) is 0 Å². The summed E-state index contributed by atoms with van der Waals surface area (Å²) in [7, 11) is 3.98. The first-order valence-corrected chi connectivity index (χ1v) is 7.41. The predicted molar refractivity (Wildman–Crippen MR) is 80.2 cm³/mol. The summed E-state index contributed by atoms with van der Waals surface area (Å²) >= 11 is -0.834. The summed E-state index contributed by atoms with van der Waals surface area (Å²) in [5.41, 5.74) is 2.44. The molecule has 5 heteroatoms. The van der Waals surface area contributed by atoms with Gasteiger partial charge in [-0.15, -0.1) is 12.4 Å². The second-order valence-corrected chi connectivity index (χ2v) is 5.92. The molecule has 0 bridgehead atoms. The van der Waals surface area contributed by atoms with Crippen LogP contribution in [-0.2, 0) is 17.6 Å². The number of nitrogens with one attached hydrogen (secondary N) is 1. The van der Waals surface area contributed by atoms with Gasteiger partial charge in [-0.05, 0) is 50.6 Å². The molecule has 0 saturated carbocycles. The number of unbranched alkanes of at least 4 members (excludes halogenated alkanes) is 1. The van der Waals surface area contributed by atoms with Crippen molar-refractivity contribution in [2.24, 2.45) is 0 Å². The minimum Gasteiger partial charge on any atom is -0.610 e. The Morgan fingerprint density at radius 2 is 2.17 bits per heavy atom. The Hall–Kier alpha value is -0.420. The van der Waals surface area contributed by atoms with E-state index in [1.807, 2.05) is 14.1 Å². The Morgan fingerprint density at radius 3 is 2.89 bits per heavy atom. The van der Waals surface area contributed by atoms with Crippen LogP contribution in [0.25, 0.3) is 0 Å². The molecule has 1 aliphatic rings. The summed E-state index contributed by atoms with van der Waals surface area (Å²) in [5, 5.41) is 3.15. The second-order valence-electron chi connectivity index (χ2n) is 4.54. The maximum atomic E-state index is 11.9. The molecule has 3 nitrogen and oxygen atoms in total. The zero-order valence-electron chi connectivity index (χ0n) is 10.9. The van der Waals surface area contributed by atoms with E-state index >= 15 is 0 Å². The molecule has 1 unspecified atom stereocenters. The summed E-state index contributed by atoms with van der Waals surface area (Å²) in [5.74, 6) is 0.637. The SMILES string of the molecule is CNCCCCc1ccc2c(c1)[S+]([O-])CN2C.Cl. The molecule has 1 aromatic rings. The Balaban J connectivity index is 0.00000162. The molecule has 0 spiro atoms. The molecule has 0 aromatic heterocycles. The van der Waals surface area contributed by atoms with E-state index in [0.29, 0.717) is 5.88 Å². The largest absolute Gasteiger partial charge is 0.610 e. The number of halogens is 1. The average molecular weight is 289 g/mol. The minimum absolute atomic E-state index is 0. The number of aryl methyl sites for hydroxylation is 1. The minimum atomic E-state index is -0.834. The van der Waals surface area contributed by atoms with Crippen LogP contribution in [0.5, 0.6) is 0 Å². The monoisotopic (exact) mass is 288 g/mol. The fraction of sp³-hybridized carbons (Fsp3) is 0.538. The van der Waals surface area contributed by atoms with Crippen molar-refractivity contribution in [3.8, 4) is 0 Å². The highest BCUT2D eigenvalue weighted by Gasteiger charge is 2.28. The van der Waals surface area contributed by atoms with Crippen LogP contribution in [0.15, 0.2) is 23.1 Å². The lowest BCUT2D eigenvalue weighted by molar-refractivity contribution is 0.598. The van der Waals surface area contributed by atoms with Crippen molar-refractivity contribution in [2.45, 2.75) is 24.2 Å². The lowest BCUT2D eigenvalue weighted by atomic mass is 10.1. The van der Waals surface area contributed by atoms with Gasteiger partial charge in [0.15, 0.2) is 10.8 Å². The van der Waals surface area contributed by atoms with Crippen LogP contribution in [-0.4, -0.2) is 31.1 Å². The van der Waals surface area contributed by atoms with Crippen molar-refractivity contribution in [1.29, 1.82) is 0 Å². The highest BCUT2D eigenvalue weighted by Crippen LogP contribution is 2.33. The van der Waals surface area contributed by atoms with Gasteiger partial charge in [0.05, 0.1) is 5.69 Å². The topological polar surface area (TPSA) is 38.3 Å². The van der Waals surface area contributed by atoms with E-state index in [4.69, 9.17) is 0 Å². The third-order valence-corrected chi connectivity index (χ3v) is 4.57. The molecule has 1 heterocycles. The van der Waals surface area contributed by atoms with E-state index in [1.54, 1.807) is 0 Å². The van der Waals surface area contributed by atoms with Crippen LogP contribution in [0.3, 0.4) is 0 Å². The Kier molecular flexibility index (Phi) is 6.29. The number of fused-ring (bicyclic) bond motifs is 1. The smallest absolute Gasteiger partial charge is 0.183 e. The van der Waals surface area contributed by atoms with Crippen molar-refractivity contribution in [1.82, 2.24) is 5.32 Å². The van der Waals surface area contributed by atoms with Crippen LogP contribution in [0.2, 0.25) is 0 Å². The summed E-state index contributed by atoms with van der Waals surface area (Å²) < 4.78 is 11.9. The maximum absolute atomic E-state index is 11.9. The van der Waals surface area contributed by atoms with Gasteiger partial charge in [0.2, 0.25) is 0 Å². The molecule has 18 heavy (non-hydrogen) atoms. The van der Waals surface area contributed by atoms with Gasteiger partial charge >= 0.3 is 0 Å². The fourth-order valence-corrected chi connectivity index (χ4v) is 3.53. The van der Waals surface area contributed by atoms with Crippen LogP contribution < -0.4 is 10.2 Å². The molecule has 1 N–H and O–H groups in total. The zero-order chi connectivity index (χ0) is 12.3. The normalized spacial score (nSPS) is 17.5. The van der Waals surface area contributed by atoms with Crippen molar-refractivity contribution >= 4 is 29.3 Å². The van der Waals surface area contributed by atoms with Gasteiger partial charge < -0.3 is 14.8 Å². The van der Waals surface area contributed by atoms with Crippen molar-refractivity contribution in [2.75, 3.05) is 31.4 Å². The highest BCUT2D eigenvalue weighted by molar-refractivity contribution is 7.92. The second kappa shape index (κ2) is 7.24. The van der Waals surface area contributed by atoms with Gasteiger partial charge in [0.25, 0.3) is 0 Å². The zero-order valence-corrected chi connectivity index (χ0v) is 12.6. The standard InChI is InChI=1S/C13H20N2OS.ClH/c1-14-8-4-3-5-11-6-7-12-13(9-11)17(16)10-15(12)2;/h6-7,9,14H,3-5,8,10H2,1-2H3;1H. The number of benzene rings is 1. The number of anilines is 1. The number of rotatable bonds is 5. The number of nitrogens with zero attached hydrogens (tertiary/aromatic N) is 1. The summed E-state index contributed by atoms with van der Waals surface area (Å²) in [6, 6.07) is 6.39. The van der Waals surface area contributed by atoms with Gasteiger partial charge in [0.1, 0.15) is 0 Å². The van der Waals surface area contributed by atoms with Gasteiger partial charge in [-0.2, -0.15) is 0 Å². The molecule has 0 fully saturated rings. The number of hydrogen-bond acceptors (Lipinski definition) is 3. The van der Waals surface area contributed by atoms with Gasteiger partial charge in [-0.3, -0.25) is 0 Å². The molecule has 0 amide bonds. The molecular formula is C13H21ClN2OS. The van der Waals surface area contributed by atoms with Gasteiger partial charge in [0, 0.05) is 18.2 Å². The number of hydrogen-bond donors (Lipinski definition) is 1. The van der Waals surface area contributed by atoms with E-state index < -0.39 is 11.2 Å². The van der Waals surface area contributed by atoms with E-state index in [1.165, 1.54) is 18.4 Å². The quantitative estimate of drug-likeness (QED) is 0.667. The van der Waals surface area contributed by atoms with Gasteiger partial charge in [-0.25, -0.2) is 0 Å².